The molecule has 0 aliphatic rings. The van der Waals surface area contributed by atoms with E-state index in [4.69, 9.17) is 26.9 Å². The summed E-state index contributed by atoms with van der Waals surface area (Å²) in [6, 6.07) is 9.04. The molecule has 0 unspecified atom stereocenters. The van der Waals surface area contributed by atoms with Crippen molar-refractivity contribution in [3.8, 4) is 0 Å². The summed E-state index contributed by atoms with van der Waals surface area (Å²) in [6.07, 6.45) is 2.76. The van der Waals surface area contributed by atoms with Gasteiger partial charge >= 0.3 is 0 Å². The van der Waals surface area contributed by atoms with E-state index in [1.54, 1.807) is 0 Å². The highest BCUT2D eigenvalue weighted by atomic mass is 35.7. The molecule has 0 aliphatic carbocycles. The molecule has 0 saturated carbocycles. The highest BCUT2D eigenvalue weighted by Crippen LogP contribution is 2.21. The van der Waals surface area contributed by atoms with Crippen LogP contribution in [0.5, 0.6) is 0 Å². The first-order chi connectivity index (χ1) is 8.01. The molecule has 0 N–H and O–H groups in total. The lowest BCUT2D eigenvalue weighted by molar-refractivity contribution is 0.121. The van der Waals surface area contributed by atoms with Crippen LogP contribution in [0.25, 0.3) is 6.08 Å². The zero-order valence-corrected chi connectivity index (χ0v) is 12.6. The monoisotopic (exact) mass is 288 g/mol. The highest BCUT2D eigenvalue weighted by molar-refractivity contribution is 7.44. The van der Waals surface area contributed by atoms with Crippen LogP contribution < -0.4 is 0 Å². The molecule has 0 heterocycles. The van der Waals surface area contributed by atoms with Gasteiger partial charge in [0.15, 0.2) is 0 Å². The van der Waals surface area contributed by atoms with Crippen LogP contribution in [-0.2, 0) is 11.3 Å². The van der Waals surface area contributed by atoms with Crippen LogP contribution in [-0.4, -0.2) is 13.3 Å². The van der Waals surface area contributed by atoms with Crippen molar-refractivity contribution in [2.45, 2.75) is 25.6 Å². The Morgan fingerprint density at radius 1 is 1.41 bits per heavy atom. The first kappa shape index (κ1) is 14.8. The third kappa shape index (κ3) is 6.89. The SMILES string of the molecule is C=Cc1cccc(COCCC[Si](C)(Cl)Cl)c1. The summed E-state index contributed by atoms with van der Waals surface area (Å²) in [5, 5.41) is 0. The van der Waals surface area contributed by atoms with Gasteiger partial charge in [0.2, 0.25) is 6.69 Å². The topological polar surface area (TPSA) is 9.23 Å². The first-order valence-corrected chi connectivity index (χ1v) is 10.4. The van der Waals surface area contributed by atoms with Crippen molar-refractivity contribution in [3.05, 3.63) is 42.0 Å². The smallest absolute Gasteiger partial charge is 0.248 e. The van der Waals surface area contributed by atoms with Crippen LogP contribution in [0.3, 0.4) is 0 Å². The van der Waals surface area contributed by atoms with E-state index in [0.717, 1.165) is 18.0 Å². The van der Waals surface area contributed by atoms with Crippen molar-refractivity contribution in [3.63, 3.8) is 0 Å². The number of benzene rings is 1. The summed E-state index contributed by atoms with van der Waals surface area (Å²) in [7, 11) is 0. The Balaban J connectivity index is 2.24. The Hall–Kier alpha value is -0.283. The van der Waals surface area contributed by atoms with E-state index in [1.165, 1.54) is 5.56 Å². The molecule has 1 aromatic carbocycles. The molecular weight excluding hydrogens is 271 g/mol. The lowest BCUT2D eigenvalue weighted by Crippen LogP contribution is -2.13. The molecule has 0 atom stereocenters. The standard InChI is InChI=1S/C13H18Cl2OSi/c1-3-12-6-4-7-13(10-12)11-16-8-5-9-17(2,14)15/h3-4,6-7,10H,1,5,8-9,11H2,2H3. The minimum absolute atomic E-state index is 0.629. The van der Waals surface area contributed by atoms with Gasteiger partial charge < -0.3 is 4.74 Å². The molecule has 0 aromatic heterocycles. The van der Waals surface area contributed by atoms with Gasteiger partial charge in [0.25, 0.3) is 0 Å². The molecule has 0 bridgehead atoms. The van der Waals surface area contributed by atoms with Gasteiger partial charge in [0.1, 0.15) is 0 Å². The maximum Gasteiger partial charge on any atom is 0.248 e. The van der Waals surface area contributed by atoms with Gasteiger partial charge in [-0.15, -0.1) is 22.2 Å². The van der Waals surface area contributed by atoms with Gasteiger partial charge in [0, 0.05) is 6.61 Å². The third-order valence-corrected chi connectivity index (χ3v) is 4.73. The number of hydrogen-bond donors (Lipinski definition) is 0. The Labute approximate surface area is 114 Å². The largest absolute Gasteiger partial charge is 0.377 e. The zero-order valence-electron chi connectivity index (χ0n) is 10.1. The molecule has 94 valence electrons. The summed E-state index contributed by atoms with van der Waals surface area (Å²) in [4.78, 5) is 0. The van der Waals surface area contributed by atoms with Gasteiger partial charge in [0.05, 0.1) is 6.61 Å². The van der Waals surface area contributed by atoms with Crippen molar-refractivity contribution in [1.29, 1.82) is 0 Å². The first-order valence-electron chi connectivity index (χ1n) is 5.68. The second-order valence-corrected chi connectivity index (χ2v) is 12.4. The molecule has 0 aliphatic heterocycles. The van der Waals surface area contributed by atoms with E-state index in [0.29, 0.717) is 13.2 Å². The summed E-state index contributed by atoms with van der Waals surface area (Å²) in [6.45, 7) is 5.07. The fraction of sp³-hybridized carbons (Fsp3) is 0.385. The van der Waals surface area contributed by atoms with Crippen LogP contribution in [0.1, 0.15) is 17.5 Å². The van der Waals surface area contributed by atoms with Crippen LogP contribution in [0.15, 0.2) is 30.8 Å². The van der Waals surface area contributed by atoms with Crippen LogP contribution in [0.4, 0.5) is 0 Å². The molecule has 17 heavy (non-hydrogen) atoms. The lowest BCUT2D eigenvalue weighted by atomic mass is 10.1. The summed E-state index contributed by atoms with van der Waals surface area (Å²) in [5.74, 6) is 0. The summed E-state index contributed by atoms with van der Waals surface area (Å²) < 4.78 is 5.59. The van der Waals surface area contributed by atoms with Crippen molar-refractivity contribution >= 4 is 34.9 Å². The van der Waals surface area contributed by atoms with E-state index in [9.17, 15) is 0 Å². The number of ether oxygens (including phenoxy) is 1. The predicted molar refractivity (Wildman–Crippen MR) is 78.9 cm³/mol. The molecule has 1 rings (SSSR count). The number of rotatable bonds is 7. The highest BCUT2D eigenvalue weighted by Gasteiger charge is 2.19. The molecule has 4 heteroatoms. The van der Waals surface area contributed by atoms with Crippen LogP contribution in [0.2, 0.25) is 12.6 Å². The second kappa shape index (κ2) is 7.22. The number of halogens is 2. The third-order valence-electron chi connectivity index (χ3n) is 2.36. The quantitative estimate of drug-likeness (QED) is 0.398. The van der Waals surface area contributed by atoms with Crippen molar-refractivity contribution < 1.29 is 4.74 Å². The molecule has 0 amide bonds. The van der Waals surface area contributed by atoms with Gasteiger partial charge in [-0.05, 0) is 36.2 Å². The van der Waals surface area contributed by atoms with E-state index in [1.807, 2.05) is 24.8 Å². The van der Waals surface area contributed by atoms with Gasteiger partial charge in [-0.25, -0.2) is 0 Å². The zero-order chi connectivity index (χ0) is 12.7. The predicted octanol–water partition coefficient (Wildman–Crippen LogP) is 4.79. The van der Waals surface area contributed by atoms with Gasteiger partial charge in [-0.1, -0.05) is 30.9 Å². The fourth-order valence-electron chi connectivity index (χ4n) is 1.48. The maximum atomic E-state index is 6.01. The fourth-order valence-corrected chi connectivity index (χ4v) is 3.05. The molecular formula is C13H18Cl2OSi. The Bertz CT molecular complexity index is 361. The number of hydrogen-bond acceptors (Lipinski definition) is 1. The van der Waals surface area contributed by atoms with Crippen molar-refractivity contribution in [2.24, 2.45) is 0 Å². The second-order valence-electron chi connectivity index (χ2n) is 4.18. The summed E-state index contributed by atoms with van der Waals surface area (Å²) in [5.41, 5.74) is 2.28. The summed E-state index contributed by atoms with van der Waals surface area (Å²) >= 11 is 12.0. The average Bonchev–Trinajstić information content (AvgIpc) is 2.27. The van der Waals surface area contributed by atoms with Crippen molar-refractivity contribution in [1.82, 2.24) is 0 Å². The molecule has 1 nitrogen and oxygen atoms in total. The van der Waals surface area contributed by atoms with Crippen LogP contribution >= 0.6 is 22.2 Å². The van der Waals surface area contributed by atoms with E-state index < -0.39 is 6.69 Å². The van der Waals surface area contributed by atoms with E-state index in [2.05, 4.69) is 18.7 Å². The van der Waals surface area contributed by atoms with Crippen LogP contribution in [0, 0.1) is 0 Å². The normalized spacial score (nSPS) is 11.5. The Kier molecular flexibility index (Phi) is 6.27. The maximum absolute atomic E-state index is 6.01. The average molecular weight is 289 g/mol. The lowest BCUT2D eigenvalue weighted by Gasteiger charge is -2.10. The van der Waals surface area contributed by atoms with Gasteiger partial charge in [-0.2, -0.15) is 0 Å². The van der Waals surface area contributed by atoms with Crippen molar-refractivity contribution in [2.75, 3.05) is 6.61 Å². The Morgan fingerprint density at radius 2 is 2.18 bits per heavy atom. The molecule has 0 saturated heterocycles. The van der Waals surface area contributed by atoms with E-state index >= 15 is 0 Å². The minimum atomic E-state index is -1.95. The molecule has 0 spiro atoms. The molecule has 1 aromatic rings. The molecule has 0 fully saturated rings. The van der Waals surface area contributed by atoms with Gasteiger partial charge in [-0.3, -0.25) is 0 Å². The molecule has 0 radical (unpaired) electrons. The van der Waals surface area contributed by atoms with E-state index in [-0.39, 0.29) is 0 Å². The Morgan fingerprint density at radius 3 is 2.82 bits per heavy atom. The minimum Gasteiger partial charge on any atom is -0.377 e.